The molecule has 0 saturated heterocycles. The molecular formula is C15H19NO4. The van der Waals surface area contributed by atoms with E-state index in [0.717, 1.165) is 24.3 Å². The molecule has 0 spiro atoms. The van der Waals surface area contributed by atoms with Crippen molar-refractivity contribution in [2.75, 3.05) is 0 Å². The van der Waals surface area contributed by atoms with Gasteiger partial charge in [-0.1, -0.05) is 37.5 Å². The minimum Gasteiger partial charge on any atom is -0.479 e. The zero-order chi connectivity index (χ0) is 14.6. The molecule has 0 heterocycles. The van der Waals surface area contributed by atoms with Gasteiger partial charge in [-0.15, -0.1) is 0 Å². The van der Waals surface area contributed by atoms with Gasteiger partial charge in [-0.25, -0.2) is 4.79 Å². The largest absolute Gasteiger partial charge is 0.479 e. The Balaban J connectivity index is 2.30. The number of hydroxylamine groups is 2. The lowest BCUT2D eigenvalue weighted by molar-refractivity contribution is -0.198. The summed E-state index contributed by atoms with van der Waals surface area (Å²) in [6.07, 6.45) is 3.41. The number of carbonyl (C=O) groups is 2. The number of rotatable bonds is 4. The summed E-state index contributed by atoms with van der Waals surface area (Å²) in [5.41, 5.74) is -1.25. The molecule has 1 aromatic rings. The van der Waals surface area contributed by atoms with Crippen molar-refractivity contribution in [1.82, 2.24) is 5.06 Å². The first-order chi connectivity index (χ1) is 9.56. The molecule has 20 heavy (non-hydrogen) atoms. The Morgan fingerprint density at radius 2 is 1.75 bits per heavy atom. The van der Waals surface area contributed by atoms with Crippen LogP contribution in [-0.4, -0.2) is 27.6 Å². The van der Waals surface area contributed by atoms with Crippen molar-refractivity contribution in [2.45, 2.75) is 44.6 Å². The molecule has 0 radical (unpaired) electrons. The third-order valence-electron chi connectivity index (χ3n) is 3.69. The van der Waals surface area contributed by atoms with Crippen molar-refractivity contribution >= 4 is 11.9 Å². The number of hydrogen-bond acceptors (Lipinski definition) is 3. The fourth-order valence-electron chi connectivity index (χ4n) is 2.68. The fourth-order valence-corrected chi connectivity index (χ4v) is 2.68. The third-order valence-corrected chi connectivity index (χ3v) is 3.69. The summed E-state index contributed by atoms with van der Waals surface area (Å²) in [5, 5.41) is 10.7. The van der Waals surface area contributed by atoms with E-state index in [9.17, 15) is 14.7 Å². The molecule has 1 aliphatic rings. The number of aliphatic carboxylic acids is 1. The predicted octanol–water partition coefficient (Wildman–Crippen LogP) is 2.62. The molecule has 108 valence electrons. The van der Waals surface area contributed by atoms with Gasteiger partial charge in [0.15, 0.2) is 11.3 Å². The second-order valence-corrected chi connectivity index (χ2v) is 5.12. The Kier molecular flexibility index (Phi) is 4.27. The van der Waals surface area contributed by atoms with Gasteiger partial charge in [0.05, 0.1) is 0 Å². The first-order valence-corrected chi connectivity index (χ1v) is 6.83. The highest BCUT2D eigenvalue weighted by atomic mass is 16.7. The van der Waals surface area contributed by atoms with Gasteiger partial charge < -0.3 is 9.94 Å². The lowest BCUT2D eigenvalue weighted by Gasteiger charge is -2.40. The Labute approximate surface area is 118 Å². The molecule has 1 amide bonds. The number of carboxylic acids is 1. The molecule has 0 atom stereocenters. The minimum absolute atomic E-state index is 0.391. The Morgan fingerprint density at radius 1 is 1.15 bits per heavy atom. The first-order valence-electron chi connectivity index (χ1n) is 6.83. The van der Waals surface area contributed by atoms with Gasteiger partial charge in [-0.2, -0.15) is 5.06 Å². The summed E-state index contributed by atoms with van der Waals surface area (Å²) in [4.78, 5) is 29.2. The zero-order valence-electron chi connectivity index (χ0n) is 11.5. The van der Waals surface area contributed by atoms with Crippen LogP contribution in [0, 0.1) is 0 Å². The van der Waals surface area contributed by atoms with E-state index in [1.54, 1.807) is 24.3 Å². The summed E-state index contributed by atoms with van der Waals surface area (Å²) in [6, 6.07) is 8.80. The number of benzene rings is 1. The van der Waals surface area contributed by atoms with Crippen LogP contribution in [0.25, 0.3) is 0 Å². The monoisotopic (exact) mass is 277 g/mol. The summed E-state index contributed by atoms with van der Waals surface area (Å²) in [6.45, 7) is 1.34. The molecule has 1 aliphatic carbocycles. The minimum atomic E-state index is -1.25. The normalized spacial score (nSPS) is 17.2. The number of carbonyl (C=O) groups excluding carboxylic acids is 1. The fraction of sp³-hybridized carbons (Fsp3) is 0.467. The van der Waals surface area contributed by atoms with Crippen molar-refractivity contribution in [1.29, 1.82) is 0 Å². The molecule has 0 aliphatic heterocycles. The smallest absolute Gasteiger partial charge is 0.333 e. The number of hydrogen-bond donors (Lipinski definition) is 1. The van der Waals surface area contributed by atoms with Crippen molar-refractivity contribution in [3.05, 3.63) is 30.3 Å². The van der Waals surface area contributed by atoms with Crippen LogP contribution in [-0.2, 0) is 9.59 Å². The summed E-state index contributed by atoms with van der Waals surface area (Å²) in [5.74, 6) is -0.921. The van der Waals surface area contributed by atoms with Crippen molar-refractivity contribution in [3.8, 4) is 5.75 Å². The average molecular weight is 277 g/mol. The second kappa shape index (κ2) is 5.94. The summed E-state index contributed by atoms with van der Waals surface area (Å²) in [7, 11) is 0. The van der Waals surface area contributed by atoms with E-state index >= 15 is 0 Å². The van der Waals surface area contributed by atoms with E-state index in [2.05, 4.69) is 0 Å². The lowest BCUT2D eigenvalue weighted by atomic mass is 9.81. The van der Waals surface area contributed by atoms with Gasteiger partial charge in [0.25, 0.3) is 5.91 Å². The lowest BCUT2D eigenvalue weighted by Crippen LogP contribution is -2.59. The Hall–Kier alpha value is -2.04. The van der Waals surface area contributed by atoms with Gasteiger partial charge in [-0.3, -0.25) is 4.79 Å². The second-order valence-electron chi connectivity index (χ2n) is 5.12. The molecule has 0 aromatic heterocycles. The molecular weight excluding hydrogens is 258 g/mol. The number of nitrogens with zero attached hydrogens (tertiary/aromatic N) is 1. The van der Waals surface area contributed by atoms with E-state index in [1.165, 1.54) is 6.92 Å². The molecule has 1 saturated carbocycles. The van der Waals surface area contributed by atoms with Crippen LogP contribution in [0.15, 0.2) is 30.3 Å². The third kappa shape index (κ3) is 2.76. The van der Waals surface area contributed by atoms with Gasteiger partial charge in [-0.05, 0) is 25.0 Å². The molecule has 1 fully saturated rings. The van der Waals surface area contributed by atoms with Crippen molar-refractivity contribution < 1.29 is 19.5 Å². The summed E-state index contributed by atoms with van der Waals surface area (Å²) >= 11 is 0. The highest BCUT2D eigenvalue weighted by molar-refractivity contribution is 5.85. The van der Waals surface area contributed by atoms with E-state index in [4.69, 9.17) is 4.84 Å². The zero-order valence-corrected chi connectivity index (χ0v) is 11.5. The van der Waals surface area contributed by atoms with Gasteiger partial charge in [0, 0.05) is 6.92 Å². The molecule has 1 aromatic carbocycles. The van der Waals surface area contributed by atoms with Crippen molar-refractivity contribution in [3.63, 3.8) is 0 Å². The SMILES string of the molecule is CC(=O)N(Oc1ccccc1)C1(C(=O)O)CCCCC1. The van der Waals surface area contributed by atoms with E-state index in [0.29, 0.717) is 18.6 Å². The van der Waals surface area contributed by atoms with Crippen LogP contribution >= 0.6 is 0 Å². The van der Waals surface area contributed by atoms with Crippen LogP contribution < -0.4 is 4.84 Å². The molecule has 0 bridgehead atoms. The average Bonchev–Trinajstić information content (AvgIpc) is 2.46. The van der Waals surface area contributed by atoms with Crippen LogP contribution in [0.2, 0.25) is 0 Å². The quantitative estimate of drug-likeness (QED) is 0.859. The van der Waals surface area contributed by atoms with E-state index in [-0.39, 0.29) is 0 Å². The van der Waals surface area contributed by atoms with Crippen molar-refractivity contribution in [2.24, 2.45) is 0 Å². The molecule has 0 unspecified atom stereocenters. The maximum absolute atomic E-state index is 11.9. The van der Waals surface area contributed by atoms with Gasteiger partial charge >= 0.3 is 5.97 Å². The molecule has 1 N–H and O–H groups in total. The Morgan fingerprint density at radius 3 is 2.25 bits per heavy atom. The number of amides is 1. The van der Waals surface area contributed by atoms with Gasteiger partial charge in [0.2, 0.25) is 0 Å². The topological polar surface area (TPSA) is 66.8 Å². The standard InChI is InChI=1S/C15H19NO4/c1-12(17)16(20-13-8-4-2-5-9-13)15(14(18)19)10-6-3-7-11-15/h2,4-5,8-9H,3,6-7,10-11H2,1H3,(H,18,19). The van der Waals surface area contributed by atoms with Crippen LogP contribution in [0.1, 0.15) is 39.0 Å². The van der Waals surface area contributed by atoms with Crippen LogP contribution in [0.5, 0.6) is 5.75 Å². The number of carboxylic acid groups (broad SMARTS) is 1. The first kappa shape index (κ1) is 14.4. The van der Waals surface area contributed by atoms with Crippen LogP contribution in [0.3, 0.4) is 0 Å². The van der Waals surface area contributed by atoms with Crippen LogP contribution in [0.4, 0.5) is 0 Å². The Bertz CT molecular complexity index is 480. The highest BCUT2D eigenvalue weighted by Gasteiger charge is 2.48. The van der Waals surface area contributed by atoms with E-state index < -0.39 is 17.4 Å². The predicted molar refractivity (Wildman–Crippen MR) is 73.0 cm³/mol. The highest BCUT2D eigenvalue weighted by Crippen LogP contribution is 2.35. The molecule has 2 rings (SSSR count). The maximum atomic E-state index is 11.9. The number of para-hydroxylation sites is 1. The molecule has 5 heteroatoms. The van der Waals surface area contributed by atoms with E-state index in [1.807, 2.05) is 6.07 Å². The summed E-state index contributed by atoms with van der Waals surface area (Å²) < 4.78 is 0. The maximum Gasteiger partial charge on any atom is 0.333 e. The molecule has 5 nitrogen and oxygen atoms in total. The van der Waals surface area contributed by atoms with Gasteiger partial charge in [0.1, 0.15) is 0 Å².